The van der Waals surface area contributed by atoms with Crippen molar-refractivity contribution in [2.45, 2.75) is 53.0 Å². The molecular weight excluding hydrogens is 342 g/mol. The van der Waals surface area contributed by atoms with E-state index in [2.05, 4.69) is 9.55 Å². The highest BCUT2D eigenvalue weighted by molar-refractivity contribution is 7.85. The Labute approximate surface area is 149 Å². The maximum Gasteiger partial charge on any atom is 0.265 e. The van der Waals surface area contributed by atoms with E-state index < -0.39 is 21.3 Å². The highest BCUT2D eigenvalue weighted by Gasteiger charge is 2.65. The minimum Gasteiger partial charge on any atom is -0.335 e. The third-order valence-corrected chi connectivity index (χ3v) is 6.95. The number of nitrogens with two attached hydrogens (primary N) is 1. The molecule has 25 heavy (non-hydrogen) atoms. The van der Waals surface area contributed by atoms with Crippen LogP contribution in [0.2, 0.25) is 0 Å². The molecule has 0 amide bonds. The van der Waals surface area contributed by atoms with Crippen LogP contribution in [0.25, 0.3) is 0 Å². The van der Waals surface area contributed by atoms with Crippen molar-refractivity contribution >= 4 is 15.9 Å². The summed E-state index contributed by atoms with van der Waals surface area (Å²) >= 11 is 0. The van der Waals surface area contributed by atoms with Crippen LogP contribution in [0.3, 0.4) is 0 Å². The number of carbonyl (C=O) groups is 1. The van der Waals surface area contributed by atoms with Crippen molar-refractivity contribution in [2.24, 2.45) is 22.5 Å². The van der Waals surface area contributed by atoms with Crippen LogP contribution in [0.15, 0.2) is 12.4 Å². The monoisotopic (exact) mass is 371 g/mol. The number of carbonyl (C=O) groups excluding carboxylic acids is 1. The summed E-state index contributed by atoms with van der Waals surface area (Å²) in [6.45, 7) is 7.62. The first-order chi connectivity index (χ1) is 11.5. The fourth-order valence-corrected chi connectivity index (χ4v) is 5.62. The molecule has 8 heteroatoms. The van der Waals surface area contributed by atoms with Crippen LogP contribution < -0.4 is 5.73 Å². The molecule has 1 heterocycles. The number of aryl methyl sites for hydroxylation is 2. The number of fused-ring (bicyclic) bond motifs is 2. The van der Waals surface area contributed by atoms with Gasteiger partial charge in [-0.2, -0.15) is 8.42 Å². The van der Waals surface area contributed by atoms with Crippen molar-refractivity contribution in [1.82, 2.24) is 9.55 Å². The highest BCUT2D eigenvalue weighted by Crippen LogP contribution is 2.64. The van der Waals surface area contributed by atoms with Gasteiger partial charge in [0, 0.05) is 25.4 Å². The Balaban J connectivity index is 0.000000196. The van der Waals surface area contributed by atoms with Crippen LogP contribution in [0.4, 0.5) is 0 Å². The van der Waals surface area contributed by atoms with Gasteiger partial charge < -0.3 is 10.3 Å². The maximum atomic E-state index is 11.9. The second-order valence-corrected chi connectivity index (χ2v) is 9.16. The molecule has 3 rings (SSSR count). The first-order valence-electron chi connectivity index (χ1n) is 8.70. The van der Waals surface area contributed by atoms with E-state index in [0.717, 1.165) is 31.8 Å². The summed E-state index contributed by atoms with van der Waals surface area (Å²) in [6.07, 6.45) is 6.79. The van der Waals surface area contributed by atoms with Crippen LogP contribution in [0.5, 0.6) is 0 Å². The molecule has 3 N–H and O–H groups in total. The van der Waals surface area contributed by atoms with Crippen LogP contribution in [-0.2, 0) is 21.5 Å². The Bertz CT molecular complexity index is 726. The summed E-state index contributed by atoms with van der Waals surface area (Å²) in [5.74, 6) is 0.962. The summed E-state index contributed by atoms with van der Waals surface area (Å²) in [4.78, 5) is 16.0. The summed E-state index contributed by atoms with van der Waals surface area (Å²) in [7, 11) is -4.08. The lowest BCUT2D eigenvalue weighted by atomic mass is 9.70. The first-order valence-corrected chi connectivity index (χ1v) is 10.3. The predicted molar refractivity (Wildman–Crippen MR) is 95.6 cm³/mol. The standard InChI is InChI=1S/C10H16O4S.C7H13N3/c1-9(2)7-3-4-10(9,8(11)5-7)6-15(12,13)14;1-7-9-4-6-10(7)5-2-3-8/h7H,3-6H2,1-2H3,(H,12,13,14);4,6H,2-3,5,8H2,1H3. The fourth-order valence-electron chi connectivity index (χ4n) is 4.32. The molecule has 7 nitrogen and oxygen atoms in total. The zero-order valence-electron chi connectivity index (χ0n) is 15.2. The van der Waals surface area contributed by atoms with Crippen LogP contribution in [0, 0.1) is 23.7 Å². The number of Topliss-reactive ketones (excluding diaryl/α,β-unsaturated/α-hetero) is 1. The quantitative estimate of drug-likeness (QED) is 0.763. The molecule has 2 saturated carbocycles. The Kier molecular flexibility index (Phi) is 5.75. The Morgan fingerprint density at radius 2 is 2.12 bits per heavy atom. The van der Waals surface area contributed by atoms with Gasteiger partial charge in [-0.05, 0) is 44.1 Å². The van der Waals surface area contributed by atoms with Crippen LogP contribution in [-0.4, -0.2) is 40.6 Å². The second-order valence-electron chi connectivity index (χ2n) is 7.70. The lowest BCUT2D eigenvalue weighted by molar-refractivity contribution is -0.128. The minimum absolute atomic E-state index is 0.0152. The molecule has 142 valence electrons. The highest BCUT2D eigenvalue weighted by atomic mass is 32.2. The van der Waals surface area contributed by atoms with Crippen LogP contribution >= 0.6 is 0 Å². The third-order valence-electron chi connectivity index (χ3n) is 6.09. The molecule has 0 aromatic carbocycles. The topological polar surface area (TPSA) is 115 Å². The van der Waals surface area contributed by atoms with E-state index >= 15 is 0 Å². The van der Waals surface area contributed by atoms with Crippen LogP contribution in [0.1, 0.15) is 45.4 Å². The molecule has 2 bridgehead atoms. The van der Waals surface area contributed by atoms with Gasteiger partial charge in [0.1, 0.15) is 11.6 Å². The lowest BCUT2D eigenvalue weighted by Gasteiger charge is -2.35. The molecule has 2 atom stereocenters. The van der Waals surface area contributed by atoms with Crippen molar-refractivity contribution in [3.63, 3.8) is 0 Å². The Morgan fingerprint density at radius 3 is 2.52 bits per heavy atom. The molecule has 2 aliphatic rings. The maximum absolute atomic E-state index is 11.9. The average molecular weight is 372 g/mol. The summed E-state index contributed by atoms with van der Waals surface area (Å²) in [5.41, 5.74) is 4.24. The van der Waals surface area contributed by atoms with E-state index in [1.54, 1.807) is 0 Å². The summed E-state index contributed by atoms with van der Waals surface area (Å²) in [6, 6.07) is 0. The number of hydrogen-bond donors (Lipinski definition) is 2. The van der Waals surface area contributed by atoms with E-state index in [1.807, 2.05) is 33.2 Å². The minimum atomic E-state index is -4.08. The van der Waals surface area contributed by atoms with Crippen molar-refractivity contribution in [3.8, 4) is 0 Å². The summed E-state index contributed by atoms with van der Waals surface area (Å²) in [5, 5.41) is 0. The smallest absolute Gasteiger partial charge is 0.265 e. The normalized spacial score (nSPS) is 27.2. The van der Waals surface area contributed by atoms with Crippen molar-refractivity contribution in [3.05, 3.63) is 18.2 Å². The molecule has 2 unspecified atom stereocenters. The number of aromatic nitrogens is 2. The molecule has 0 aliphatic heterocycles. The molecule has 1 aromatic heterocycles. The van der Waals surface area contributed by atoms with E-state index in [0.29, 0.717) is 12.8 Å². The van der Waals surface area contributed by atoms with Gasteiger partial charge in [-0.15, -0.1) is 0 Å². The van der Waals surface area contributed by atoms with Gasteiger partial charge in [-0.25, -0.2) is 4.98 Å². The molecule has 1 aromatic rings. The second kappa shape index (κ2) is 7.17. The van der Waals surface area contributed by atoms with E-state index in [4.69, 9.17) is 10.3 Å². The average Bonchev–Trinajstić information content (AvgIpc) is 3.06. The number of hydrogen-bond acceptors (Lipinski definition) is 5. The van der Waals surface area contributed by atoms with Crippen molar-refractivity contribution in [1.29, 1.82) is 0 Å². The number of nitrogens with zero attached hydrogens (tertiary/aromatic N) is 2. The van der Waals surface area contributed by atoms with Crippen molar-refractivity contribution < 1.29 is 17.8 Å². The Morgan fingerprint density at radius 1 is 1.44 bits per heavy atom. The number of ketones is 1. The van der Waals surface area contributed by atoms with E-state index in [-0.39, 0.29) is 17.1 Å². The van der Waals surface area contributed by atoms with Crippen molar-refractivity contribution in [2.75, 3.05) is 12.3 Å². The summed E-state index contributed by atoms with van der Waals surface area (Å²) < 4.78 is 33.1. The zero-order chi connectivity index (χ0) is 18.9. The molecule has 2 aliphatic carbocycles. The van der Waals surface area contributed by atoms with Gasteiger partial charge in [0.05, 0.1) is 11.2 Å². The largest absolute Gasteiger partial charge is 0.335 e. The van der Waals surface area contributed by atoms with Gasteiger partial charge in [0.25, 0.3) is 10.1 Å². The Hall–Kier alpha value is -1.25. The number of rotatable bonds is 5. The molecule has 2 fully saturated rings. The molecular formula is C17H29N3O4S. The first kappa shape index (κ1) is 20.1. The fraction of sp³-hybridized carbons (Fsp3) is 0.765. The predicted octanol–water partition coefficient (Wildman–Crippen LogP) is 1.81. The zero-order valence-corrected chi connectivity index (χ0v) is 16.1. The van der Waals surface area contributed by atoms with Gasteiger partial charge in [-0.3, -0.25) is 9.35 Å². The van der Waals surface area contributed by atoms with Gasteiger partial charge in [0.2, 0.25) is 0 Å². The molecule has 0 spiro atoms. The van der Waals surface area contributed by atoms with Gasteiger partial charge >= 0.3 is 0 Å². The lowest BCUT2D eigenvalue weighted by Crippen LogP contribution is -2.42. The molecule has 0 saturated heterocycles. The van der Waals surface area contributed by atoms with E-state index in [9.17, 15) is 13.2 Å². The van der Waals surface area contributed by atoms with E-state index in [1.165, 1.54) is 0 Å². The number of imidazole rings is 1. The van der Waals surface area contributed by atoms with Gasteiger partial charge in [0.15, 0.2) is 0 Å². The SMILES string of the molecule is CC1(C)C2CCC1(CS(=O)(=O)O)C(=O)C2.Cc1nccn1CCCN. The molecule has 0 radical (unpaired) electrons. The van der Waals surface area contributed by atoms with Gasteiger partial charge in [-0.1, -0.05) is 13.8 Å². The third kappa shape index (κ3) is 3.96.